The van der Waals surface area contributed by atoms with Gasteiger partial charge in [0.25, 0.3) is 0 Å². The molecule has 0 aliphatic rings. The number of hydrogen-bond acceptors (Lipinski definition) is 1. The second kappa shape index (κ2) is 7.71. The Morgan fingerprint density at radius 1 is 0.900 bits per heavy atom. The quantitative estimate of drug-likeness (QED) is 0.574. The Labute approximate surface area is 125 Å². The van der Waals surface area contributed by atoms with Gasteiger partial charge in [-0.2, -0.15) is 0 Å². The summed E-state index contributed by atoms with van der Waals surface area (Å²) in [6.07, 6.45) is 8.92. The maximum absolute atomic E-state index is 9.99. The highest BCUT2D eigenvalue weighted by atomic mass is 16.3. The second-order valence-electron chi connectivity index (χ2n) is 6.58. The Kier molecular flexibility index (Phi) is 6.58. The number of hydrogen-bond donors (Lipinski definition) is 1. The molecule has 20 heavy (non-hydrogen) atoms. The van der Waals surface area contributed by atoms with Crippen molar-refractivity contribution in [2.45, 2.75) is 85.0 Å². The van der Waals surface area contributed by atoms with Crippen molar-refractivity contribution in [1.82, 2.24) is 0 Å². The van der Waals surface area contributed by atoms with Crippen LogP contribution in [0.3, 0.4) is 0 Å². The first-order valence-electron chi connectivity index (χ1n) is 8.25. The van der Waals surface area contributed by atoms with Crippen molar-refractivity contribution in [2.75, 3.05) is 0 Å². The zero-order valence-corrected chi connectivity index (χ0v) is 14.1. The molecule has 1 heteroatoms. The summed E-state index contributed by atoms with van der Waals surface area (Å²) in [5.74, 6) is 0.458. The highest BCUT2D eigenvalue weighted by molar-refractivity contribution is 5.44. The third-order valence-corrected chi connectivity index (χ3v) is 4.60. The van der Waals surface area contributed by atoms with E-state index >= 15 is 0 Å². The van der Waals surface area contributed by atoms with E-state index in [4.69, 9.17) is 0 Å². The predicted molar refractivity (Wildman–Crippen MR) is 88.6 cm³/mol. The molecule has 0 amide bonds. The number of phenols is 1. The lowest BCUT2D eigenvalue weighted by Crippen LogP contribution is -2.22. The lowest BCUT2D eigenvalue weighted by molar-refractivity contribution is 0.369. The number of rotatable bonds is 8. The van der Waals surface area contributed by atoms with Crippen molar-refractivity contribution < 1.29 is 5.11 Å². The van der Waals surface area contributed by atoms with Gasteiger partial charge in [0.15, 0.2) is 0 Å². The van der Waals surface area contributed by atoms with Crippen LogP contribution >= 0.6 is 0 Å². The molecule has 114 valence electrons. The lowest BCUT2D eigenvalue weighted by atomic mass is 9.73. The summed E-state index contributed by atoms with van der Waals surface area (Å²) in [4.78, 5) is 0. The van der Waals surface area contributed by atoms with E-state index in [-0.39, 0.29) is 5.41 Å². The Balaban J connectivity index is 3.02. The van der Waals surface area contributed by atoms with Crippen molar-refractivity contribution in [3.05, 3.63) is 28.8 Å². The Bertz CT molecular complexity index is 399. The van der Waals surface area contributed by atoms with E-state index in [9.17, 15) is 5.11 Å². The fourth-order valence-electron chi connectivity index (χ4n) is 3.05. The highest BCUT2D eigenvalue weighted by Crippen LogP contribution is 2.38. The van der Waals surface area contributed by atoms with Crippen molar-refractivity contribution in [2.24, 2.45) is 0 Å². The smallest absolute Gasteiger partial charge is 0.121 e. The summed E-state index contributed by atoms with van der Waals surface area (Å²) >= 11 is 0. The van der Waals surface area contributed by atoms with Gasteiger partial charge in [-0.15, -0.1) is 0 Å². The summed E-state index contributed by atoms with van der Waals surface area (Å²) in [5.41, 5.74) is 3.69. The summed E-state index contributed by atoms with van der Waals surface area (Å²) < 4.78 is 0. The van der Waals surface area contributed by atoms with Crippen LogP contribution in [0.2, 0.25) is 0 Å². The topological polar surface area (TPSA) is 20.2 Å². The van der Waals surface area contributed by atoms with Crippen LogP contribution in [0.25, 0.3) is 0 Å². The zero-order valence-electron chi connectivity index (χ0n) is 14.1. The maximum atomic E-state index is 9.99. The normalized spacial score (nSPS) is 14.2. The SMILES string of the molecule is CCCCCC(C)(CCCC)c1cc(C)c(O)c(C)c1. The number of phenolic OH excluding ortho intramolecular Hbond substituents is 1. The van der Waals surface area contributed by atoms with E-state index in [1.807, 2.05) is 13.8 Å². The van der Waals surface area contributed by atoms with Gasteiger partial charge >= 0.3 is 0 Å². The molecule has 0 heterocycles. The molecule has 1 rings (SSSR count). The van der Waals surface area contributed by atoms with E-state index in [0.717, 1.165) is 11.1 Å². The maximum Gasteiger partial charge on any atom is 0.121 e. The fraction of sp³-hybridized carbons (Fsp3) is 0.684. The minimum absolute atomic E-state index is 0.258. The van der Waals surface area contributed by atoms with Gasteiger partial charge in [0.2, 0.25) is 0 Å². The summed E-state index contributed by atoms with van der Waals surface area (Å²) in [6, 6.07) is 4.40. The minimum Gasteiger partial charge on any atom is -0.507 e. The van der Waals surface area contributed by atoms with Crippen LogP contribution in [0.5, 0.6) is 5.75 Å². The molecule has 0 saturated heterocycles. The molecule has 1 atom stereocenters. The van der Waals surface area contributed by atoms with Gasteiger partial charge in [0.1, 0.15) is 5.75 Å². The molecule has 0 saturated carbocycles. The second-order valence-corrected chi connectivity index (χ2v) is 6.58. The van der Waals surface area contributed by atoms with Gasteiger partial charge in [0, 0.05) is 0 Å². The number of unbranched alkanes of at least 4 members (excludes halogenated alkanes) is 3. The van der Waals surface area contributed by atoms with Crippen LogP contribution in [0, 0.1) is 13.8 Å². The lowest BCUT2D eigenvalue weighted by Gasteiger charge is -2.31. The molecule has 1 aromatic rings. The van der Waals surface area contributed by atoms with Gasteiger partial charge in [-0.3, -0.25) is 0 Å². The first-order valence-corrected chi connectivity index (χ1v) is 8.25. The van der Waals surface area contributed by atoms with Gasteiger partial charge in [-0.25, -0.2) is 0 Å². The molecule has 1 N–H and O–H groups in total. The highest BCUT2D eigenvalue weighted by Gasteiger charge is 2.26. The van der Waals surface area contributed by atoms with Crippen molar-refractivity contribution >= 4 is 0 Å². The fourth-order valence-corrected chi connectivity index (χ4v) is 3.05. The van der Waals surface area contributed by atoms with Crippen LogP contribution in [-0.4, -0.2) is 5.11 Å². The van der Waals surface area contributed by atoms with Crippen LogP contribution in [0.4, 0.5) is 0 Å². The Morgan fingerprint density at radius 2 is 1.40 bits per heavy atom. The van der Waals surface area contributed by atoms with Crippen LogP contribution in [0.15, 0.2) is 12.1 Å². The van der Waals surface area contributed by atoms with Crippen LogP contribution in [0.1, 0.15) is 82.4 Å². The molecular weight excluding hydrogens is 244 g/mol. The average Bonchev–Trinajstić information content (AvgIpc) is 2.42. The number of aryl methyl sites for hydroxylation is 2. The van der Waals surface area contributed by atoms with Gasteiger partial charge in [-0.1, -0.05) is 65.0 Å². The number of benzene rings is 1. The molecule has 0 aliphatic carbocycles. The summed E-state index contributed by atoms with van der Waals surface area (Å²) in [5, 5.41) is 9.99. The predicted octanol–water partition coefficient (Wildman–Crippen LogP) is 6.04. The van der Waals surface area contributed by atoms with Gasteiger partial charge in [-0.05, 0) is 48.8 Å². The van der Waals surface area contributed by atoms with E-state index < -0.39 is 0 Å². The first-order chi connectivity index (χ1) is 9.44. The molecule has 1 nitrogen and oxygen atoms in total. The van der Waals surface area contributed by atoms with Crippen molar-refractivity contribution in [3.63, 3.8) is 0 Å². The van der Waals surface area contributed by atoms with Crippen LogP contribution in [-0.2, 0) is 5.41 Å². The van der Waals surface area contributed by atoms with E-state index in [0.29, 0.717) is 5.75 Å². The molecule has 0 bridgehead atoms. The van der Waals surface area contributed by atoms with E-state index in [1.54, 1.807) is 0 Å². The standard InChI is InChI=1S/C19H32O/c1-6-8-10-12-19(5,11-9-7-2)17-13-15(3)18(20)16(4)14-17/h13-14,20H,6-12H2,1-5H3. The third-order valence-electron chi connectivity index (χ3n) is 4.60. The van der Waals surface area contributed by atoms with E-state index in [2.05, 4.69) is 32.9 Å². The molecule has 0 spiro atoms. The van der Waals surface area contributed by atoms with Crippen LogP contribution < -0.4 is 0 Å². The molecule has 1 aromatic carbocycles. The molecule has 1 unspecified atom stereocenters. The minimum atomic E-state index is 0.258. The summed E-state index contributed by atoms with van der Waals surface area (Å²) in [6.45, 7) is 11.0. The average molecular weight is 276 g/mol. The zero-order chi connectivity index (χ0) is 15.2. The monoisotopic (exact) mass is 276 g/mol. The molecule has 0 radical (unpaired) electrons. The molecular formula is C19H32O. The van der Waals surface area contributed by atoms with Gasteiger partial charge < -0.3 is 5.11 Å². The molecule has 0 fully saturated rings. The Morgan fingerprint density at radius 3 is 1.90 bits per heavy atom. The molecule has 0 aromatic heterocycles. The number of aromatic hydroxyl groups is 1. The van der Waals surface area contributed by atoms with E-state index in [1.165, 1.54) is 50.5 Å². The third kappa shape index (κ3) is 4.26. The summed E-state index contributed by atoms with van der Waals surface area (Å²) in [7, 11) is 0. The van der Waals surface area contributed by atoms with Crippen molar-refractivity contribution in [1.29, 1.82) is 0 Å². The largest absolute Gasteiger partial charge is 0.507 e. The first kappa shape index (κ1) is 17.1. The molecule has 0 aliphatic heterocycles. The van der Waals surface area contributed by atoms with Gasteiger partial charge in [0.05, 0.1) is 0 Å². The van der Waals surface area contributed by atoms with Crippen molar-refractivity contribution in [3.8, 4) is 5.75 Å². The Hall–Kier alpha value is -0.980.